The largest absolute Gasteiger partial charge is 0.365 e. The molecule has 4 rings (SSSR count). The second kappa shape index (κ2) is 5.81. The van der Waals surface area contributed by atoms with Crippen molar-refractivity contribution in [3.63, 3.8) is 0 Å². The number of amides is 2. The maximum atomic E-state index is 12.4. The van der Waals surface area contributed by atoms with Crippen LogP contribution in [0.4, 0.5) is 0 Å². The van der Waals surface area contributed by atoms with Gasteiger partial charge in [-0.15, -0.1) is 0 Å². The van der Waals surface area contributed by atoms with E-state index >= 15 is 0 Å². The molecule has 1 fully saturated rings. The van der Waals surface area contributed by atoms with Gasteiger partial charge in [0.25, 0.3) is 11.8 Å². The number of carbonyl (C=O) groups excluding carboxylic acids is 3. The van der Waals surface area contributed by atoms with Gasteiger partial charge in [0, 0.05) is 17.8 Å². The molecule has 25 heavy (non-hydrogen) atoms. The van der Waals surface area contributed by atoms with E-state index in [-0.39, 0.29) is 16.7 Å². The van der Waals surface area contributed by atoms with Gasteiger partial charge in [0.05, 0.1) is 16.7 Å². The molecule has 0 spiro atoms. The van der Waals surface area contributed by atoms with Crippen LogP contribution in [0.5, 0.6) is 0 Å². The number of imide groups is 1. The van der Waals surface area contributed by atoms with Gasteiger partial charge < -0.3 is 4.84 Å². The Morgan fingerprint density at radius 1 is 1.16 bits per heavy atom. The van der Waals surface area contributed by atoms with Crippen LogP contribution >= 0.6 is 0 Å². The Bertz CT molecular complexity index is 867. The molecule has 0 N–H and O–H groups in total. The number of rotatable bonds is 3. The minimum Gasteiger partial charge on any atom is -0.324 e. The zero-order valence-electron chi connectivity index (χ0n) is 13.7. The minimum absolute atomic E-state index is 0.232. The van der Waals surface area contributed by atoms with Gasteiger partial charge >= 0.3 is 5.97 Å². The van der Waals surface area contributed by atoms with Gasteiger partial charge in [0.15, 0.2) is 0 Å². The lowest BCUT2D eigenvalue weighted by Crippen LogP contribution is -2.33. The maximum Gasteiger partial charge on any atom is 0.365 e. The van der Waals surface area contributed by atoms with Crippen molar-refractivity contribution in [3.8, 4) is 0 Å². The van der Waals surface area contributed by atoms with Crippen molar-refractivity contribution in [1.82, 2.24) is 10.0 Å². The summed E-state index contributed by atoms with van der Waals surface area (Å²) in [6.07, 6.45) is 4.90. The highest BCUT2D eigenvalue weighted by atomic mass is 16.7. The van der Waals surface area contributed by atoms with Crippen molar-refractivity contribution in [2.75, 3.05) is 0 Å². The minimum atomic E-state index is -0.764. The molecular formula is C19H16N2O4. The van der Waals surface area contributed by atoms with Crippen LogP contribution in [-0.4, -0.2) is 27.8 Å². The molecule has 1 aromatic carbocycles. The Morgan fingerprint density at radius 2 is 1.80 bits per heavy atom. The first kappa shape index (κ1) is 15.5. The van der Waals surface area contributed by atoms with Gasteiger partial charge in [-0.1, -0.05) is 23.6 Å². The van der Waals surface area contributed by atoms with Crippen LogP contribution in [0.25, 0.3) is 0 Å². The lowest BCUT2D eigenvalue weighted by atomic mass is 9.82. The van der Waals surface area contributed by atoms with Gasteiger partial charge in [0.1, 0.15) is 0 Å². The van der Waals surface area contributed by atoms with Crippen LogP contribution < -0.4 is 0 Å². The zero-order chi connectivity index (χ0) is 17.6. The van der Waals surface area contributed by atoms with Gasteiger partial charge in [0.2, 0.25) is 0 Å². The topological polar surface area (TPSA) is 76.6 Å². The molecule has 1 saturated carbocycles. The highest BCUT2D eigenvalue weighted by Crippen LogP contribution is 2.35. The predicted octanol–water partition coefficient (Wildman–Crippen LogP) is 3.03. The fourth-order valence-corrected chi connectivity index (χ4v) is 3.10. The van der Waals surface area contributed by atoms with E-state index in [2.05, 4.69) is 4.98 Å². The standard InChI is InChI=1S/C19H16N2O4/c1-11-9-16(12-5-4-6-12)20-10-15(11)19(24)25-21-17(22)13-7-2-3-8-14(13)18(21)23/h2-3,7-10,12H,4-6H2,1H3. The first-order chi connectivity index (χ1) is 12.1. The monoisotopic (exact) mass is 336 g/mol. The Morgan fingerprint density at radius 3 is 2.32 bits per heavy atom. The highest BCUT2D eigenvalue weighted by Gasteiger charge is 2.39. The number of benzene rings is 1. The maximum absolute atomic E-state index is 12.4. The summed E-state index contributed by atoms with van der Waals surface area (Å²) in [5, 5.41) is 0.520. The Hall–Kier alpha value is -3.02. The van der Waals surface area contributed by atoms with Crippen molar-refractivity contribution >= 4 is 17.8 Å². The van der Waals surface area contributed by atoms with Gasteiger partial charge in [-0.05, 0) is 43.5 Å². The average molecular weight is 336 g/mol. The number of fused-ring (bicyclic) bond motifs is 1. The molecule has 6 nitrogen and oxygen atoms in total. The summed E-state index contributed by atoms with van der Waals surface area (Å²) in [4.78, 5) is 46.4. The van der Waals surface area contributed by atoms with Crippen LogP contribution in [-0.2, 0) is 4.84 Å². The van der Waals surface area contributed by atoms with Crippen LogP contribution in [0.1, 0.15) is 67.5 Å². The van der Waals surface area contributed by atoms with Gasteiger partial charge in [-0.2, -0.15) is 0 Å². The molecular weight excluding hydrogens is 320 g/mol. The quantitative estimate of drug-likeness (QED) is 0.805. The normalized spacial score (nSPS) is 16.6. The van der Waals surface area contributed by atoms with E-state index < -0.39 is 17.8 Å². The van der Waals surface area contributed by atoms with Gasteiger partial charge in [-0.25, -0.2) is 4.79 Å². The molecule has 2 heterocycles. The SMILES string of the molecule is Cc1cc(C2CCC2)ncc1C(=O)ON1C(=O)c2ccccc2C1=O. The number of aryl methyl sites for hydroxylation is 1. The van der Waals surface area contributed by atoms with Crippen LogP contribution in [0.2, 0.25) is 0 Å². The summed E-state index contributed by atoms with van der Waals surface area (Å²) < 4.78 is 0. The number of nitrogens with zero attached hydrogens (tertiary/aromatic N) is 2. The Kier molecular flexibility index (Phi) is 3.60. The second-order valence-electron chi connectivity index (χ2n) is 6.38. The average Bonchev–Trinajstić information content (AvgIpc) is 2.79. The van der Waals surface area contributed by atoms with E-state index in [9.17, 15) is 14.4 Å². The van der Waals surface area contributed by atoms with E-state index in [4.69, 9.17) is 4.84 Å². The summed E-state index contributed by atoms with van der Waals surface area (Å²) >= 11 is 0. The summed E-state index contributed by atoms with van der Waals surface area (Å²) in [5.41, 5.74) is 2.41. The Balaban J connectivity index is 1.55. The van der Waals surface area contributed by atoms with Crippen molar-refractivity contribution in [2.24, 2.45) is 0 Å². The van der Waals surface area contributed by atoms with Crippen molar-refractivity contribution in [2.45, 2.75) is 32.1 Å². The van der Waals surface area contributed by atoms with E-state index in [0.29, 0.717) is 11.0 Å². The number of hydroxylamine groups is 2. The number of pyridine rings is 1. The zero-order valence-corrected chi connectivity index (χ0v) is 13.7. The fourth-order valence-electron chi connectivity index (χ4n) is 3.10. The third-order valence-corrected chi connectivity index (χ3v) is 4.81. The summed E-state index contributed by atoms with van der Waals surface area (Å²) in [6.45, 7) is 1.79. The highest BCUT2D eigenvalue weighted by molar-refractivity contribution is 6.21. The lowest BCUT2D eigenvalue weighted by Gasteiger charge is -2.25. The molecule has 1 aliphatic heterocycles. The van der Waals surface area contributed by atoms with E-state index in [1.165, 1.54) is 24.8 Å². The first-order valence-corrected chi connectivity index (χ1v) is 8.23. The molecule has 6 heteroatoms. The van der Waals surface area contributed by atoms with E-state index in [1.54, 1.807) is 19.1 Å². The summed E-state index contributed by atoms with van der Waals surface area (Å²) in [7, 11) is 0. The lowest BCUT2D eigenvalue weighted by molar-refractivity contribution is -0.0585. The first-order valence-electron chi connectivity index (χ1n) is 8.23. The molecule has 0 unspecified atom stereocenters. The summed E-state index contributed by atoms with van der Waals surface area (Å²) in [6, 6.07) is 8.25. The molecule has 1 aromatic heterocycles. The molecule has 2 amide bonds. The number of hydrogen-bond acceptors (Lipinski definition) is 5. The smallest absolute Gasteiger partial charge is 0.324 e. The van der Waals surface area contributed by atoms with Crippen LogP contribution in [0, 0.1) is 6.92 Å². The number of carbonyl (C=O) groups is 3. The van der Waals surface area contributed by atoms with E-state index in [0.717, 1.165) is 24.1 Å². The van der Waals surface area contributed by atoms with Crippen molar-refractivity contribution in [3.05, 3.63) is 64.5 Å². The van der Waals surface area contributed by atoms with Crippen LogP contribution in [0.3, 0.4) is 0 Å². The molecule has 0 radical (unpaired) electrons. The van der Waals surface area contributed by atoms with Crippen molar-refractivity contribution in [1.29, 1.82) is 0 Å². The second-order valence-corrected chi connectivity index (χ2v) is 6.38. The van der Waals surface area contributed by atoms with Crippen molar-refractivity contribution < 1.29 is 19.2 Å². The van der Waals surface area contributed by atoms with Crippen LogP contribution in [0.15, 0.2) is 36.5 Å². The van der Waals surface area contributed by atoms with E-state index in [1.807, 2.05) is 6.07 Å². The molecule has 0 bridgehead atoms. The predicted molar refractivity (Wildman–Crippen MR) is 87.9 cm³/mol. The molecule has 2 aliphatic rings. The molecule has 2 aromatic rings. The summed E-state index contributed by atoms with van der Waals surface area (Å²) in [5.74, 6) is -1.57. The molecule has 0 atom stereocenters. The third-order valence-electron chi connectivity index (χ3n) is 4.81. The Labute approximate surface area is 144 Å². The fraction of sp³-hybridized carbons (Fsp3) is 0.263. The number of aromatic nitrogens is 1. The molecule has 0 saturated heterocycles. The van der Waals surface area contributed by atoms with Gasteiger partial charge in [-0.3, -0.25) is 14.6 Å². The number of hydrogen-bond donors (Lipinski definition) is 0. The molecule has 1 aliphatic carbocycles. The third kappa shape index (κ3) is 2.50. The molecule has 126 valence electrons.